The predicted molar refractivity (Wildman–Crippen MR) is 216 cm³/mol. The van der Waals surface area contributed by atoms with E-state index in [0.29, 0.717) is 39.6 Å². The molecule has 3 amide bonds. The van der Waals surface area contributed by atoms with Gasteiger partial charge in [-0.05, 0) is 83.4 Å². The zero-order valence-electron chi connectivity index (χ0n) is 29.1. The molecular weight excluding hydrogens is 734 g/mol. The molecule has 55 heavy (non-hydrogen) atoms. The van der Waals surface area contributed by atoms with Crippen LogP contribution in [0.4, 0.5) is 11.4 Å². The summed E-state index contributed by atoms with van der Waals surface area (Å²) in [5, 5.41) is 17.3. The maximum absolute atomic E-state index is 13.8. The lowest BCUT2D eigenvalue weighted by atomic mass is 10.1. The Labute approximate surface area is 327 Å². The maximum atomic E-state index is 13.8. The molecule has 4 N–H and O–H groups in total. The maximum Gasteiger partial charge on any atom is 0.337 e. The summed E-state index contributed by atoms with van der Waals surface area (Å²) < 4.78 is 5.91. The molecule has 0 aromatic heterocycles. The highest BCUT2D eigenvalue weighted by Crippen LogP contribution is 2.37. The Morgan fingerprint density at radius 2 is 1.36 bits per heavy atom. The lowest BCUT2D eigenvalue weighted by Gasteiger charge is -2.18. The first-order chi connectivity index (χ1) is 26.7. The minimum atomic E-state index is -1.21. The number of thioether (sulfide) groups is 1. The Morgan fingerprint density at radius 3 is 2.05 bits per heavy atom. The zero-order valence-corrected chi connectivity index (χ0v) is 30.7. The van der Waals surface area contributed by atoms with Gasteiger partial charge in [-0.2, -0.15) is 0 Å². The topological polar surface area (TPSA) is 134 Å². The number of nitrogens with one attached hydrogen (secondary N) is 3. The highest BCUT2D eigenvalue weighted by Gasteiger charge is 2.24. The minimum Gasteiger partial charge on any atom is -0.489 e. The lowest BCUT2D eigenvalue weighted by molar-refractivity contribution is -0.116. The van der Waals surface area contributed by atoms with E-state index in [1.54, 1.807) is 78.9 Å². The van der Waals surface area contributed by atoms with Crippen LogP contribution in [-0.2, 0) is 16.2 Å². The van der Waals surface area contributed by atoms with E-state index in [1.165, 1.54) is 30.0 Å². The molecule has 11 heteroatoms. The van der Waals surface area contributed by atoms with E-state index in [0.717, 1.165) is 5.56 Å². The summed E-state index contributed by atoms with van der Waals surface area (Å²) in [6, 6.07) is 45.9. The van der Waals surface area contributed by atoms with E-state index < -0.39 is 28.9 Å². The normalized spacial score (nSPS) is 11.5. The number of carboxylic acids is 1. The number of rotatable bonds is 14. The van der Waals surface area contributed by atoms with Gasteiger partial charge in [0.2, 0.25) is 5.91 Å². The van der Waals surface area contributed by atoms with Crippen LogP contribution in [0.3, 0.4) is 0 Å². The van der Waals surface area contributed by atoms with Gasteiger partial charge in [0.1, 0.15) is 23.3 Å². The number of anilines is 2. The number of carboxylic acid groups (broad SMARTS) is 1. The summed E-state index contributed by atoms with van der Waals surface area (Å²) in [6.45, 7) is 0.404. The summed E-state index contributed by atoms with van der Waals surface area (Å²) in [6.07, 6.45) is 1.58. The van der Waals surface area contributed by atoms with Gasteiger partial charge < -0.3 is 25.8 Å². The average Bonchev–Trinajstić information content (AvgIpc) is 3.21. The first kappa shape index (κ1) is 38.1. The van der Waals surface area contributed by atoms with Crippen LogP contribution in [0, 0.1) is 0 Å². The van der Waals surface area contributed by atoms with E-state index >= 15 is 0 Å². The molecule has 0 aliphatic carbocycles. The first-order valence-electron chi connectivity index (χ1n) is 17.0. The molecule has 0 aliphatic heterocycles. The Bertz CT molecular complexity index is 2320. The quantitative estimate of drug-likeness (QED) is 0.0641. The average molecular weight is 768 g/mol. The molecule has 274 valence electrons. The van der Waals surface area contributed by atoms with Gasteiger partial charge in [-0.15, -0.1) is 11.8 Å². The Balaban J connectivity index is 1.21. The van der Waals surface area contributed by atoms with Crippen molar-refractivity contribution in [3.05, 3.63) is 196 Å². The molecule has 0 radical (unpaired) electrons. The van der Waals surface area contributed by atoms with Gasteiger partial charge in [-0.3, -0.25) is 14.4 Å². The van der Waals surface area contributed by atoms with Crippen LogP contribution >= 0.6 is 23.4 Å². The number of carbonyl (C=O) groups excluding carboxylic acids is 3. The summed E-state index contributed by atoms with van der Waals surface area (Å²) >= 11 is 7.28. The van der Waals surface area contributed by atoms with E-state index in [-0.39, 0.29) is 22.0 Å². The van der Waals surface area contributed by atoms with Crippen molar-refractivity contribution in [1.29, 1.82) is 0 Å². The van der Waals surface area contributed by atoms with E-state index in [2.05, 4.69) is 16.0 Å². The molecule has 0 saturated carbocycles. The number of aromatic carboxylic acids is 1. The van der Waals surface area contributed by atoms with Crippen molar-refractivity contribution in [2.45, 2.75) is 16.8 Å². The molecule has 0 bridgehead atoms. The second-order valence-corrected chi connectivity index (χ2v) is 13.7. The summed E-state index contributed by atoms with van der Waals surface area (Å²) in [5.74, 6) is -1.98. The van der Waals surface area contributed by atoms with Gasteiger partial charge in [0.05, 0.1) is 10.6 Å². The van der Waals surface area contributed by atoms with Crippen molar-refractivity contribution >= 4 is 64.5 Å². The van der Waals surface area contributed by atoms with Crippen molar-refractivity contribution in [2.75, 3.05) is 10.6 Å². The van der Waals surface area contributed by atoms with E-state index in [4.69, 9.17) is 16.3 Å². The molecule has 0 spiro atoms. The van der Waals surface area contributed by atoms with Gasteiger partial charge in [0.15, 0.2) is 0 Å². The number of hydrogen-bond donors (Lipinski definition) is 4. The number of benzene rings is 6. The summed E-state index contributed by atoms with van der Waals surface area (Å²) in [7, 11) is 0. The molecule has 6 aromatic rings. The number of ether oxygens (including phenoxy) is 1. The van der Waals surface area contributed by atoms with Crippen LogP contribution in [0.25, 0.3) is 6.08 Å². The molecule has 0 saturated heterocycles. The third-order valence-electron chi connectivity index (χ3n) is 8.12. The molecular formula is C44H34ClN3O6S. The Kier molecular flexibility index (Phi) is 12.8. The largest absolute Gasteiger partial charge is 0.489 e. The molecule has 0 aliphatic rings. The Hall–Kier alpha value is -6.62. The minimum absolute atomic E-state index is 0.00935. The first-order valence-corrected chi connectivity index (χ1v) is 18.3. The molecule has 6 aromatic carbocycles. The highest BCUT2D eigenvalue weighted by molar-refractivity contribution is 8.00. The third-order valence-corrected chi connectivity index (χ3v) is 9.70. The molecule has 9 nitrogen and oxygen atoms in total. The number of hydrogen-bond acceptors (Lipinski definition) is 6. The van der Waals surface area contributed by atoms with Crippen molar-refractivity contribution < 1.29 is 29.0 Å². The molecule has 1 atom stereocenters. The van der Waals surface area contributed by atoms with Crippen LogP contribution in [-0.4, -0.2) is 28.8 Å². The lowest BCUT2D eigenvalue weighted by Crippen LogP contribution is -2.30. The molecule has 6 rings (SSSR count). The number of carbonyl (C=O) groups is 4. The van der Waals surface area contributed by atoms with E-state index in [9.17, 15) is 24.3 Å². The molecule has 0 heterocycles. The second kappa shape index (κ2) is 18.4. The zero-order chi connectivity index (χ0) is 38.6. The van der Waals surface area contributed by atoms with Crippen LogP contribution in [0.1, 0.15) is 42.7 Å². The summed E-state index contributed by atoms with van der Waals surface area (Å²) in [5.41, 5.74) is 3.35. The number of halogens is 1. The van der Waals surface area contributed by atoms with E-state index in [1.807, 2.05) is 66.7 Å². The fraction of sp³-hybridized carbons (Fsp3) is 0.0455. The monoisotopic (exact) mass is 767 g/mol. The van der Waals surface area contributed by atoms with Gasteiger partial charge in [0, 0.05) is 21.8 Å². The SMILES string of the molecule is O=C(Nc1cccc(SC(C(=O)Nc2ccc(Cl)c(C(=O)O)c2)c2ccccc2)c1)/C(=C/c1ccc(OCc2ccccc2)cc1)NC(=O)c1ccccc1. The second-order valence-electron chi connectivity index (χ2n) is 12.1. The molecule has 1 unspecified atom stereocenters. The van der Waals surface area contributed by atoms with Crippen molar-refractivity contribution in [3.63, 3.8) is 0 Å². The van der Waals surface area contributed by atoms with Crippen LogP contribution in [0.5, 0.6) is 5.75 Å². The Morgan fingerprint density at radius 1 is 0.709 bits per heavy atom. The smallest absolute Gasteiger partial charge is 0.337 e. The van der Waals surface area contributed by atoms with Crippen LogP contribution in [0.2, 0.25) is 5.02 Å². The van der Waals surface area contributed by atoms with Crippen LogP contribution < -0.4 is 20.7 Å². The highest BCUT2D eigenvalue weighted by atomic mass is 35.5. The fourth-order valence-electron chi connectivity index (χ4n) is 5.37. The van der Waals surface area contributed by atoms with Crippen molar-refractivity contribution in [2.24, 2.45) is 0 Å². The van der Waals surface area contributed by atoms with Gasteiger partial charge >= 0.3 is 5.97 Å². The van der Waals surface area contributed by atoms with Crippen LogP contribution in [0.15, 0.2) is 168 Å². The third kappa shape index (κ3) is 10.7. The predicted octanol–water partition coefficient (Wildman–Crippen LogP) is 9.50. The molecule has 0 fully saturated rings. The summed E-state index contributed by atoms with van der Waals surface area (Å²) in [4.78, 5) is 53.1. The fourth-order valence-corrected chi connectivity index (χ4v) is 6.65. The van der Waals surface area contributed by atoms with Gasteiger partial charge in [-0.25, -0.2) is 4.79 Å². The van der Waals surface area contributed by atoms with Gasteiger partial charge in [-0.1, -0.05) is 109 Å². The van der Waals surface area contributed by atoms with Crippen molar-refractivity contribution in [3.8, 4) is 5.75 Å². The van der Waals surface area contributed by atoms with Gasteiger partial charge in [0.25, 0.3) is 11.8 Å². The van der Waals surface area contributed by atoms with Crippen molar-refractivity contribution in [1.82, 2.24) is 5.32 Å². The number of amides is 3. The standard InChI is InChI=1S/C44H34ClN3O6S/c45-38-24-21-34(27-37(38)44(52)53)47-43(51)40(31-13-6-2-7-14-31)55-36-18-10-17-33(26-36)46-42(50)39(48-41(49)32-15-8-3-9-16-32)25-29-19-22-35(23-20-29)54-28-30-11-4-1-5-12-30/h1-27,40H,28H2,(H,46,50)(H,47,51)(H,48,49)(H,52,53)/b39-25-.